The minimum atomic E-state index is -0.385. The van der Waals surface area contributed by atoms with E-state index in [9.17, 15) is 9.59 Å². The third kappa shape index (κ3) is 3.53. The van der Waals surface area contributed by atoms with Crippen LogP contribution in [0, 0.1) is 23.2 Å². The fourth-order valence-electron chi connectivity index (χ4n) is 7.44. The quantitative estimate of drug-likeness (QED) is 0.827. The molecule has 0 atom stereocenters. The number of pyridine rings is 1. The molecule has 7 heteroatoms. The molecule has 1 saturated heterocycles. The summed E-state index contributed by atoms with van der Waals surface area (Å²) in [6.07, 6.45) is 12.1. The molecule has 0 aromatic carbocycles. The molecule has 3 heterocycles. The third-order valence-electron chi connectivity index (χ3n) is 8.26. The zero-order valence-corrected chi connectivity index (χ0v) is 18.0. The Balaban J connectivity index is 1.04. The first-order valence-electron chi connectivity index (χ1n) is 11.8. The van der Waals surface area contributed by atoms with Crippen LogP contribution in [-0.2, 0) is 0 Å². The largest absolute Gasteiger partial charge is 0.324 e. The topological polar surface area (TPSA) is 70.0 Å². The summed E-state index contributed by atoms with van der Waals surface area (Å²) in [6.45, 7) is 4.37. The molecule has 1 N–H and O–H groups in total. The Hall–Kier alpha value is -2.41. The zero-order valence-electron chi connectivity index (χ0n) is 18.0. The second-order valence-electron chi connectivity index (χ2n) is 10.5. The maximum absolute atomic E-state index is 12.7. The fourth-order valence-corrected chi connectivity index (χ4v) is 7.44. The molecule has 4 aliphatic carbocycles. The molecule has 0 spiro atoms. The third-order valence-corrected chi connectivity index (χ3v) is 8.26. The van der Waals surface area contributed by atoms with E-state index in [4.69, 9.17) is 0 Å². The molecule has 7 rings (SSSR count). The van der Waals surface area contributed by atoms with Gasteiger partial charge in [0.2, 0.25) is 0 Å². The number of amides is 3. The first-order chi connectivity index (χ1) is 15.1. The Morgan fingerprint density at radius 3 is 2.35 bits per heavy atom. The van der Waals surface area contributed by atoms with Gasteiger partial charge in [-0.1, -0.05) is 6.07 Å². The number of urea groups is 1. The number of nitrogens with one attached hydrogen (secondary N) is 1. The average Bonchev–Trinajstić information content (AvgIpc) is 3.22. The first-order valence-corrected chi connectivity index (χ1v) is 11.8. The molecule has 1 aliphatic heterocycles. The minimum absolute atomic E-state index is 0.295. The summed E-state index contributed by atoms with van der Waals surface area (Å²) in [5.74, 6) is 2.54. The molecule has 5 aliphatic rings. The fraction of sp³-hybridized carbons (Fsp3) is 0.625. The van der Waals surface area contributed by atoms with Crippen LogP contribution in [0.5, 0.6) is 0 Å². The van der Waals surface area contributed by atoms with E-state index in [0.717, 1.165) is 30.8 Å². The highest BCUT2D eigenvalue weighted by atomic mass is 16.2. The van der Waals surface area contributed by atoms with Crippen LogP contribution in [0.15, 0.2) is 30.6 Å². The van der Waals surface area contributed by atoms with Gasteiger partial charge in [0, 0.05) is 45.1 Å². The molecule has 7 nitrogen and oxygen atoms in total. The molecular weight excluding hydrogens is 390 g/mol. The van der Waals surface area contributed by atoms with Gasteiger partial charge in [0.25, 0.3) is 5.91 Å². The number of carbonyl (C=O) groups is 2. The van der Waals surface area contributed by atoms with E-state index < -0.39 is 0 Å². The van der Waals surface area contributed by atoms with Crippen molar-refractivity contribution in [1.82, 2.24) is 24.5 Å². The second kappa shape index (κ2) is 7.33. The molecule has 0 unspecified atom stereocenters. The van der Waals surface area contributed by atoms with Gasteiger partial charge >= 0.3 is 6.03 Å². The lowest BCUT2D eigenvalue weighted by atomic mass is 9.49. The minimum Gasteiger partial charge on any atom is -0.322 e. The summed E-state index contributed by atoms with van der Waals surface area (Å²) in [7, 11) is 0. The molecule has 2 aromatic heterocycles. The number of hydrogen-bond donors (Lipinski definition) is 1. The van der Waals surface area contributed by atoms with Gasteiger partial charge in [0.05, 0.1) is 0 Å². The van der Waals surface area contributed by atoms with Crippen LogP contribution in [0.1, 0.15) is 49.0 Å². The molecule has 4 bridgehead atoms. The monoisotopic (exact) mass is 421 g/mol. The van der Waals surface area contributed by atoms with Crippen molar-refractivity contribution in [3.05, 3.63) is 36.3 Å². The van der Waals surface area contributed by atoms with Gasteiger partial charge in [-0.05, 0) is 73.8 Å². The highest BCUT2D eigenvalue weighted by Gasteiger charge is 2.51. The number of aromatic nitrogens is 2. The van der Waals surface area contributed by atoms with E-state index >= 15 is 0 Å². The van der Waals surface area contributed by atoms with E-state index in [1.807, 2.05) is 6.07 Å². The number of nitrogens with zero attached hydrogens (tertiary/aromatic N) is 4. The molecule has 4 saturated carbocycles. The SMILES string of the molecule is O=C(NC(=O)N1CCN(CC23CC4CC(CC(C4)C2)C3)CC1)c1cccc2nccn12. The van der Waals surface area contributed by atoms with Gasteiger partial charge in [-0.25, -0.2) is 9.78 Å². The Morgan fingerprint density at radius 1 is 1.00 bits per heavy atom. The van der Waals surface area contributed by atoms with E-state index in [2.05, 4.69) is 15.2 Å². The van der Waals surface area contributed by atoms with Gasteiger partial charge in [-0.2, -0.15) is 0 Å². The lowest BCUT2D eigenvalue weighted by Gasteiger charge is -2.58. The average molecular weight is 422 g/mol. The molecule has 164 valence electrons. The number of imide groups is 1. The van der Waals surface area contributed by atoms with Crippen molar-refractivity contribution >= 4 is 17.6 Å². The summed E-state index contributed by atoms with van der Waals surface area (Å²) in [6, 6.07) is 5.03. The van der Waals surface area contributed by atoms with Crippen LogP contribution in [0.2, 0.25) is 0 Å². The standard InChI is InChI=1S/C24H31N5O2/c30-22(20-2-1-3-21-25-4-5-29(20)21)26-23(31)28-8-6-27(7-9-28)16-24-13-17-10-18(14-24)12-19(11-17)15-24/h1-5,17-19H,6-16H2,(H,26,30,31). The van der Waals surface area contributed by atoms with Crippen LogP contribution in [0.4, 0.5) is 4.79 Å². The van der Waals surface area contributed by atoms with Crippen molar-refractivity contribution < 1.29 is 9.59 Å². The maximum atomic E-state index is 12.7. The molecule has 2 aromatic rings. The predicted octanol–water partition coefficient (Wildman–Crippen LogP) is 3.02. The number of imidazole rings is 1. The van der Waals surface area contributed by atoms with Gasteiger partial charge in [-0.15, -0.1) is 0 Å². The van der Waals surface area contributed by atoms with E-state index in [0.29, 0.717) is 29.8 Å². The van der Waals surface area contributed by atoms with E-state index in [-0.39, 0.29) is 11.9 Å². The van der Waals surface area contributed by atoms with Crippen molar-refractivity contribution in [2.24, 2.45) is 23.2 Å². The summed E-state index contributed by atoms with van der Waals surface area (Å²) >= 11 is 0. The van der Waals surface area contributed by atoms with Crippen LogP contribution in [0.3, 0.4) is 0 Å². The summed E-state index contributed by atoms with van der Waals surface area (Å²) < 4.78 is 1.70. The van der Waals surface area contributed by atoms with Crippen LogP contribution >= 0.6 is 0 Å². The molecule has 0 radical (unpaired) electrons. The van der Waals surface area contributed by atoms with Crippen molar-refractivity contribution in [3.63, 3.8) is 0 Å². The van der Waals surface area contributed by atoms with Crippen LogP contribution < -0.4 is 5.32 Å². The normalized spacial score (nSPS) is 32.5. The first kappa shape index (κ1) is 19.3. The molecular formula is C24H31N5O2. The lowest BCUT2D eigenvalue weighted by Crippen LogP contribution is -2.57. The molecule has 5 fully saturated rings. The Kier molecular flexibility index (Phi) is 4.56. The van der Waals surface area contributed by atoms with Gasteiger partial charge in [0.15, 0.2) is 0 Å². The lowest BCUT2D eigenvalue weighted by molar-refractivity contribution is -0.0724. The van der Waals surface area contributed by atoms with Crippen molar-refractivity contribution in [2.75, 3.05) is 32.7 Å². The second-order valence-corrected chi connectivity index (χ2v) is 10.5. The predicted molar refractivity (Wildman–Crippen MR) is 117 cm³/mol. The van der Waals surface area contributed by atoms with Crippen LogP contribution in [-0.4, -0.2) is 63.8 Å². The van der Waals surface area contributed by atoms with E-state index in [1.54, 1.807) is 33.8 Å². The Morgan fingerprint density at radius 2 is 1.68 bits per heavy atom. The maximum Gasteiger partial charge on any atom is 0.324 e. The van der Waals surface area contributed by atoms with Gasteiger partial charge < -0.3 is 4.90 Å². The van der Waals surface area contributed by atoms with Gasteiger partial charge in [0.1, 0.15) is 11.3 Å². The van der Waals surface area contributed by atoms with Crippen molar-refractivity contribution in [3.8, 4) is 0 Å². The van der Waals surface area contributed by atoms with Crippen LogP contribution in [0.25, 0.3) is 5.65 Å². The Labute approximate surface area is 182 Å². The molecule has 31 heavy (non-hydrogen) atoms. The van der Waals surface area contributed by atoms with Crippen molar-refractivity contribution in [1.29, 1.82) is 0 Å². The summed E-state index contributed by atoms with van der Waals surface area (Å²) in [5.41, 5.74) is 1.65. The van der Waals surface area contributed by atoms with Crippen molar-refractivity contribution in [2.45, 2.75) is 38.5 Å². The number of hydrogen-bond acceptors (Lipinski definition) is 4. The summed E-state index contributed by atoms with van der Waals surface area (Å²) in [5, 5.41) is 2.57. The highest BCUT2D eigenvalue weighted by Crippen LogP contribution is 2.60. The number of rotatable bonds is 3. The smallest absolute Gasteiger partial charge is 0.322 e. The highest BCUT2D eigenvalue weighted by molar-refractivity contribution is 6.03. The summed E-state index contributed by atoms with van der Waals surface area (Å²) in [4.78, 5) is 33.9. The van der Waals surface area contributed by atoms with Gasteiger partial charge in [-0.3, -0.25) is 19.4 Å². The number of carbonyl (C=O) groups excluding carboxylic acids is 2. The zero-order chi connectivity index (χ0) is 21.0. The molecule has 3 amide bonds. The Bertz CT molecular complexity index is 971. The number of piperazine rings is 1. The number of fused-ring (bicyclic) bond motifs is 1. The van der Waals surface area contributed by atoms with E-state index in [1.165, 1.54) is 45.1 Å².